The minimum absolute atomic E-state index is 0.0267. The largest absolute Gasteiger partial charge is 0.478 e. The summed E-state index contributed by atoms with van der Waals surface area (Å²) in [6.07, 6.45) is 0. The normalized spacial score (nSPS) is 9.84. The van der Waals surface area contributed by atoms with Crippen LogP contribution in [0.3, 0.4) is 0 Å². The Hall–Kier alpha value is -2.37. The van der Waals surface area contributed by atoms with Crippen LogP contribution in [0.15, 0.2) is 18.2 Å². The first kappa shape index (κ1) is 14.7. The van der Waals surface area contributed by atoms with Crippen molar-refractivity contribution in [2.45, 2.75) is 13.8 Å². The van der Waals surface area contributed by atoms with E-state index in [9.17, 15) is 14.4 Å². The number of aromatic carboxylic acids is 1. The summed E-state index contributed by atoms with van der Waals surface area (Å²) < 4.78 is 0. The third kappa shape index (κ3) is 3.80. The number of hydrogen-bond acceptors (Lipinski definition) is 3. The van der Waals surface area contributed by atoms with Crippen molar-refractivity contribution < 1.29 is 19.5 Å². The molecule has 0 aliphatic rings. The topological polar surface area (TPSA) is 86.7 Å². The van der Waals surface area contributed by atoms with Gasteiger partial charge in [-0.3, -0.25) is 9.59 Å². The fraction of sp³-hybridized carbons (Fsp3) is 0.308. The third-order valence-corrected chi connectivity index (χ3v) is 2.69. The molecule has 0 aliphatic heterocycles. The summed E-state index contributed by atoms with van der Waals surface area (Å²) in [6, 6.07) is 4.73. The van der Waals surface area contributed by atoms with Gasteiger partial charge in [-0.25, -0.2) is 4.79 Å². The number of aryl methyl sites for hydroxylation is 1. The van der Waals surface area contributed by atoms with Crippen LogP contribution in [0.4, 0.5) is 5.69 Å². The third-order valence-electron chi connectivity index (χ3n) is 2.69. The zero-order chi connectivity index (χ0) is 14.6. The quantitative estimate of drug-likeness (QED) is 0.852. The highest BCUT2D eigenvalue weighted by Gasteiger charge is 2.15. The number of carbonyl (C=O) groups excluding carboxylic acids is 2. The van der Waals surface area contributed by atoms with Gasteiger partial charge >= 0.3 is 5.97 Å². The van der Waals surface area contributed by atoms with Gasteiger partial charge in [0.05, 0.1) is 17.8 Å². The molecule has 0 aromatic heterocycles. The molecule has 6 heteroatoms. The van der Waals surface area contributed by atoms with Crippen LogP contribution in [-0.2, 0) is 9.59 Å². The average molecular weight is 264 g/mol. The van der Waals surface area contributed by atoms with Crippen molar-refractivity contribution in [1.82, 2.24) is 4.90 Å². The highest BCUT2D eigenvalue weighted by atomic mass is 16.4. The molecule has 19 heavy (non-hydrogen) atoms. The van der Waals surface area contributed by atoms with Crippen molar-refractivity contribution in [3.8, 4) is 0 Å². The van der Waals surface area contributed by atoms with Crippen LogP contribution in [0.2, 0.25) is 0 Å². The van der Waals surface area contributed by atoms with E-state index < -0.39 is 11.9 Å². The van der Waals surface area contributed by atoms with Gasteiger partial charge in [0.2, 0.25) is 11.8 Å². The number of nitrogens with one attached hydrogen (secondary N) is 1. The molecule has 0 bridgehead atoms. The van der Waals surface area contributed by atoms with Gasteiger partial charge in [-0.05, 0) is 18.6 Å². The Labute approximate surface area is 111 Å². The van der Waals surface area contributed by atoms with Gasteiger partial charge in [0, 0.05) is 14.0 Å². The molecule has 0 atom stereocenters. The maximum atomic E-state index is 11.8. The van der Waals surface area contributed by atoms with E-state index in [1.807, 2.05) is 0 Å². The minimum atomic E-state index is -1.11. The fourth-order valence-electron chi connectivity index (χ4n) is 1.52. The van der Waals surface area contributed by atoms with Crippen LogP contribution in [-0.4, -0.2) is 41.4 Å². The van der Waals surface area contributed by atoms with Gasteiger partial charge in [0.1, 0.15) is 0 Å². The van der Waals surface area contributed by atoms with E-state index >= 15 is 0 Å². The molecule has 0 saturated heterocycles. The summed E-state index contributed by atoms with van der Waals surface area (Å²) >= 11 is 0. The summed E-state index contributed by atoms with van der Waals surface area (Å²) in [5.74, 6) is -1.79. The Morgan fingerprint density at radius 1 is 1.32 bits per heavy atom. The van der Waals surface area contributed by atoms with Gasteiger partial charge in [-0.1, -0.05) is 12.1 Å². The molecule has 1 rings (SSSR count). The molecule has 2 N–H and O–H groups in total. The second-order valence-corrected chi connectivity index (χ2v) is 4.23. The van der Waals surface area contributed by atoms with E-state index in [1.165, 1.54) is 24.9 Å². The lowest BCUT2D eigenvalue weighted by Gasteiger charge is -2.16. The highest BCUT2D eigenvalue weighted by molar-refractivity contribution is 6.02. The molecule has 102 valence electrons. The average Bonchev–Trinajstić information content (AvgIpc) is 2.31. The first-order valence-electron chi connectivity index (χ1n) is 5.67. The summed E-state index contributed by atoms with van der Waals surface area (Å²) in [5.41, 5.74) is 0.939. The molecule has 0 radical (unpaired) electrons. The number of hydrogen-bond donors (Lipinski definition) is 2. The van der Waals surface area contributed by atoms with Gasteiger partial charge in [-0.2, -0.15) is 0 Å². The number of amides is 2. The smallest absolute Gasteiger partial charge is 0.337 e. The second kappa shape index (κ2) is 5.99. The molecule has 0 fully saturated rings. The van der Waals surface area contributed by atoms with E-state index in [0.717, 1.165) is 0 Å². The lowest BCUT2D eigenvalue weighted by atomic mass is 10.1. The first-order chi connectivity index (χ1) is 8.82. The van der Waals surface area contributed by atoms with Crippen LogP contribution >= 0.6 is 0 Å². The summed E-state index contributed by atoms with van der Waals surface area (Å²) in [7, 11) is 1.50. The number of carbonyl (C=O) groups is 3. The second-order valence-electron chi connectivity index (χ2n) is 4.23. The molecule has 6 nitrogen and oxygen atoms in total. The van der Waals surface area contributed by atoms with Crippen molar-refractivity contribution in [3.63, 3.8) is 0 Å². The monoisotopic (exact) mass is 264 g/mol. The zero-order valence-corrected chi connectivity index (χ0v) is 11.1. The Morgan fingerprint density at radius 2 is 1.95 bits per heavy atom. The molecule has 0 unspecified atom stereocenters. The van der Waals surface area contributed by atoms with Gasteiger partial charge in [0.15, 0.2) is 0 Å². The fourth-order valence-corrected chi connectivity index (χ4v) is 1.52. The maximum Gasteiger partial charge on any atom is 0.337 e. The Kier molecular flexibility index (Phi) is 4.63. The van der Waals surface area contributed by atoms with Gasteiger partial charge in [0.25, 0.3) is 0 Å². The van der Waals surface area contributed by atoms with E-state index in [1.54, 1.807) is 19.1 Å². The Morgan fingerprint density at radius 3 is 2.47 bits per heavy atom. The Bertz CT molecular complexity index is 525. The number of nitrogens with zero attached hydrogens (tertiary/aromatic N) is 1. The number of carboxylic acid groups (broad SMARTS) is 1. The number of para-hydroxylation sites is 1. The molecule has 0 spiro atoms. The zero-order valence-electron chi connectivity index (χ0n) is 11.1. The SMILES string of the molecule is CC(=O)N(C)CC(=O)Nc1c(C)cccc1C(=O)O. The van der Waals surface area contributed by atoms with Crippen LogP contribution in [0.25, 0.3) is 0 Å². The summed E-state index contributed by atoms with van der Waals surface area (Å²) in [5, 5.41) is 11.6. The molecular formula is C13H16N2O4. The van der Waals surface area contributed by atoms with Crippen LogP contribution in [0.1, 0.15) is 22.8 Å². The van der Waals surface area contributed by atoms with Gasteiger partial charge < -0.3 is 15.3 Å². The van der Waals surface area contributed by atoms with E-state index in [-0.39, 0.29) is 23.7 Å². The van der Waals surface area contributed by atoms with Crippen LogP contribution in [0.5, 0.6) is 0 Å². The predicted molar refractivity (Wildman–Crippen MR) is 70.1 cm³/mol. The van der Waals surface area contributed by atoms with Crippen molar-refractivity contribution in [2.75, 3.05) is 18.9 Å². The molecule has 1 aromatic carbocycles. The number of benzene rings is 1. The number of carboxylic acids is 1. The van der Waals surface area contributed by atoms with Crippen molar-refractivity contribution >= 4 is 23.5 Å². The van der Waals surface area contributed by atoms with Crippen LogP contribution < -0.4 is 5.32 Å². The molecule has 0 aliphatic carbocycles. The number of likely N-dealkylation sites (N-methyl/N-ethyl adjacent to an activating group) is 1. The van der Waals surface area contributed by atoms with Crippen molar-refractivity contribution in [1.29, 1.82) is 0 Å². The van der Waals surface area contributed by atoms with E-state index in [4.69, 9.17) is 5.11 Å². The minimum Gasteiger partial charge on any atom is -0.478 e. The summed E-state index contributed by atoms with van der Waals surface area (Å²) in [4.78, 5) is 35.1. The van der Waals surface area contributed by atoms with Crippen molar-refractivity contribution in [3.05, 3.63) is 29.3 Å². The lowest BCUT2D eigenvalue weighted by Crippen LogP contribution is -2.33. The van der Waals surface area contributed by atoms with E-state index in [2.05, 4.69) is 5.32 Å². The summed E-state index contributed by atoms with van der Waals surface area (Å²) in [6.45, 7) is 2.93. The molecule has 1 aromatic rings. The molecular weight excluding hydrogens is 248 g/mol. The van der Waals surface area contributed by atoms with Crippen molar-refractivity contribution in [2.24, 2.45) is 0 Å². The first-order valence-corrected chi connectivity index (χ1v) is 5.67. The van der Waals surface area contributed by atoms with Gasteiger partial charge in [-0.15, -0.1) is 0 Å². The molecule has 2 amide bonds. The molecule has 0 saturated carbocycles. The van der Waals surface area contributed by atoms with E-state index in [0.29, 0.717) is 5.56 Å². The maximum absolute atomic E-state index is 11.8. The Balaban J connectivity index is 2.90. The standard InChI is InChI=1S/C13H16N2O4/c1-8-5-4-6-10(13(18)19)12(8)14-11(17)7-15(3)9(2)16/h4-6H,7H2,1-3H3,(H,14,17)(H,18,19). The predicted octanol–water partition coefficient (Wildman–Crippen LogP) is 1.11. The lowest BCUT2D eigenvalue weighted by molar-refractivity contribution is -0.131. The highest BCUT2D eigenvalue weighted by Crippen LogP contribution is 2.20. The number of rotatable bonds is 4. The molecule has 0 heterocycles. The number of anilines is 1. The van der Waals surface area contributed by atoms with Crippen LogP contribution in [0, 0.1) is 6.92 Å².